The van der Waals surface area contributed by atoms with Crippen LogP contribution in [0.1, 0.15) is 12.2 Å². The maximum Gasteiger partial charge on any atom is 0.154 e. The standard InChI is InChI=1S/C14H20N4O/c1-11-5-7-13(19-11)12-6-8-14(17-16-12)18(3)10-4-9-15-2/h5-8,15H,4,9-10H2,1-3H3. The lowest BCUT2D eigenvalue weighted by molar-refractivity contribution is 0.545. The molecule has 1 N–H and O–H groups in total. The van der Waals surface area contributed by atoms with E-state index in [1.54, 1.807) is 0 Å². The van der Waals surface area contributed by atoms with Gasteiger partial charge in [0, 0.05) is 13.6 Å². The normalized spacial score (nSPS) is 10.7. The lowest BCUT2D eigenvalue weighted by Crippen LogP contribution is -2.23. The van der Waals surface area contributed by atoms with Crippen LogP contribution in [0.4, 0.5) is 5.82 Å². The molecule has 0 fully saturated rings. The Kier molecular flexibility index (Phi) is 4.52. The van der Waals surface area contributed by atoms with Gasteiger partial charge in [0.2, 0.25) is 0 Å². The van der Waals surface area contributed by atoms with E-state index in [0.717, 1.165) is 42.5 Å². The molecule has 0 unspecified atom stereocenters. The third kappa shape index (κ3) is 3.54. The summed E-state index contributed by atoms with van der Waals surface area (Å²) >= 11 is 0. The van der Waals surface area contributed by atoms with E-state index in [2.05, 4.69) is 20.4 Å². The molecule has 102 valence electrons. The largest absolute Gasteiger partial charge is 0.460 e. The summed E-state index contributed by atoms with van der Waals surface area (Å²) in [6, 6.07) is 7.75. The van der Waals surface area contributed by atoms with Crippen molar-refractivity contribution in [3.8, 4) is 11.5 Å². The predicted octanol–water partition coefficient (Wildman–Crippen LogP) is 2.09. The van der Waals surface area contributed by atoms with Crippen LogP contribution in [0.2, 0.25) is 0 Å². The summed E-state index contributed by atoms with van der Waals surface area (Å²) in [5.41, 5.74) is 0.764. The summed E-state index contributed by atoms with van der Waals surface area (Å²) in [5.74, 6) is 2.52. The fourth-order valence-corrected chi connectivity index (χ4v) is 1.84. The van der Waals surface area contributed by atoms with Crippen LogP contribution in [0.15, 0.2) is 28.7 Å². The Labute approximate surface area is 113 Å². The lowest BCUT2D eigenvalue weighted by Gasteiger charge is -2.17. The van der Waals surface area contributed by atoms with Crippen LogP contribution >= 0.6 is 0 Å². The van der Waals surface area contributed by atoms with E-state index < -0.39 is 0 Å². The van der Waals surface area contributed by atoms with Crippen LogP contribution in [0.5, 0.6) is 0 Å². The van der Waals surface area contributed by atoms with E-state index in [1.165, 1.54) is 0 Å². The number of nitrogens with zero attached hydrogens (tertiary/aromatic N) is 3. The third-order valence-electron chi connectivity index (χ3n) is 2.95. The van der Waals surface area contributed by atoms with Gasteiger partial charge in [-0.3, -0.25) is 0 Å². The zero-order valence-corrected chi connectivity index (χ0v) is 11.7. The first-order chi connectivity index (χ1) is 9.20. The van der Waals surface area contributed by atoms with Crippen molar-refractivity contribution in [1.29, 1.82) is 0 Å². The zero-order valence-electron chi connectivity index (χ0n) is 11.7. The molecule has 0 amide bonds. The Balaban J connectivity index is 2.01. The maximum absolute atomic E-state index is 5.52. The highest BCUT2D eigenvalue weighted by molar-refractivity contribution is 5.53. The van der Waals surface area contributed by atoms with Crippen LogP contribution in [0, 0.1) is 6.92 Å². The smallest absolute Gasteiger partial charge is 0.154 e. The monoisotopic (exact) mass is 260 g/mol. The SMILES string of the molecule is CNCCCN(C)c1ccc(-c2ccc(C)o2)nn1. The zero-order chi connectivity index (χ0) is 13.7. The summed E-state index contributed by atoms with van der Waals surface area (Å²) < 4.78 is 5.52. The molecule has 5 heteroatoms. The van der Waals surface area contributed by atoms with E-state index in [1.807, 2.05) is 45.3 Å². The van der Waals surface area contributed by atoms with Crippen molar-refractivity contribution in [1.82, 2.24) is 15.5 Å². The lowest BCUT2D eigenvalue weighted by atomic mass is 10.3. The Morgan fingerprint density at radius 2 is 2.05 bits per heavy atom. The van der Waals surface area contributed by atoms with Gasteiger partial charge >= 0.3 is 0 Å². The van der Waals surface area contributed by atoms with Crippen molar-refractivity contribution in [3.05, 3.63) is 30.0 Å². The molecule has 19 heavy (non-hydrogen) atoms. The second kappa shape index (κ2) is 6.33. The van der Waals surface area contributed by atoms with Crippen LogP contribution in [0.3, 0.4) is 0 Å². The third-order valence-corrected chi connectivity index (χ3v) is 2.95. The molecular weight excluding hydrogens is 240 g/mol. The maximum atomic E-state index is 5.52. The van der Waals surface area contributed by atoms with E-state index in [0.29, 0.717) is 0 Å². The van der Waals surface area contributed by atoms with E-state index in [-0.39, 0.29) is 0 Å². The van der Waals surface area contributed by atoms with Gasteiger partial charge in [0.15, 0.2) is 11.6 Å². The molecule has 0 aliphatic heterocycles. The molecule has 5 nitrogen and oxygen atoms in total. The van der Waals surface area contributed by atoms with Gasteiger partial charge in [0.05, 0.1) is 0 Å². The van der Waals surface area contributed by atoms with Gasteiger partial charge in [-0.05, 0) is 51.2 Å². The van der Waals surface area contributed by atoms with Crippen molar-refractivity contribution in [2.45, 2.75) is 13.3 Å². The highest BCUT2D eigenvalue weighted by Crippen LogP contribution is 2.20. The van der Waals surface area contributed by atoms with E-state index >= 15 is 0 Å². The average Bonchev–Trinajstić information content (AvgIpc) is 2.86. The number of hydrogen-bond acceptors (Lipinski definition) is 5. The van der Waals surface area contributed by atoms with E-state index in [4.69, 9.17) is 4.42 Å². The van der Waals surface area contributed by atoms with Crippen molar-refractivity contribution < 1.29 is 4.42 Å². The van der Waals surface area contributed by atoms with Crippen molar-refractivity contribution in [2.75, 3.05) is 32.1 Å². The van der Waals surface area contributed by atoms with Gasteiger partial charge in [0.25, 0.3) is 0 Å². The van der Waals surface area contributed by atoms with Gasteiger partial charge in [-0.15, -0.1) is 10.2 Å². The summed E-state index contributed by atoms with van der Waals surface area (Å²) in [7, 11) is 3.98. The molecule has 0 radical (unpaired) electrons. The van der Waals surface area contributed by atoms with Crippen LogP contribution in [0.25, 0.3) is 11.5 Å². The van der Waals surface area contributed by atoms with Gasteiger partial charge in [0.1, 0.15) is 11.5 Å². The molecule has 2 heterocycles. The molecule has 0 aliphatic rings. The van der Waals surface area contributed by atoms with Gasteiger partial charge in [-0.25, -0.2) is 0 Å². The first kappa shape index (κ1) is 13.5. The number of hydrogen-bond donors (Lipinski definition) is 1. The van der Waals surface area contributed by atoms with Crippen molar-refractivity contribution in [3.63, 3.8) is 0 Å². The molecule has 0 bridgehead atoms. The van der Waals surface area contributed by atoms with E-state index in [9.17, 15) is 0 Å². The minimum atomic E-state index is 0.759. The number of aromatic nitrogens is 2. The molecule has 0 spiro atoms. The fraction of sp³-hybridized carbons (Fsp3) is 0.429. The molecule has 2 aromatic rings. The van der Waals surface area contributed by atoms with Gasteiger partial charge in [-0.1, -0.05) is 0 Å². The average molecular weight is 260 g/mol. The Morgan fingerprint density at radius 1 is 1.21 bits per heavy atom. The summed E-state index contributed by atoms with van der Waals surface area (Å²) in [4.78, 5) is 2.10. The van der Waals surface area contributed by atoms with Crippen LogP contribution in [-0.4, -0.2) is 37.4 Å². The topological polar surface area (TPSA) is 54.2 Å². The summed E-state index contributed by atoms with van der Waals surface area (Å²) in [5, 5.41) is 11.6. The Hall–Kier alpha value is -1.88. The second-order valence-electron chi connectivity index (χ2n) is 4.57. The highest BCUT2D eigenvalue weighted by Gasteiger charge is 2.07. The molecule has 0 saturated carbocycles. The first-order valence-corrected chi connectivity index (χ1v) is 6.47. The molecule has 0 aliphatic carbocycles. The van der Waals surface area contributed by atoms with Crippen LogP contribution < -0.4 is 10.2 Å². The minimum Gasteiger partial charge on any atom is -0.460 e. The first-order valence-electron chi connectivity index (χ1n) is 6.47. The number of anilines is 1. The number of rotatable bonds is 6. The molecule has 2 rings (SSSR count). The molecule has 0 aromatic carbocycles. The Morgan fingerprint density at radius 3 is 2.63 bits per heavy atom. The summed E-state index contributed by atoms with van der Waals surface area (Å²) in [6.07, 6.45) is 1.08. The quantitative estimate of drug-likeness (QED) is 0.806. The number of aryl methyl sites for hydroxylation is 1. The molecule has 0 atom stereocenters. The van der Waals surface area contributed by atoms with Crippen LogP contribution in [-0.2, 0) is 0 Å². The Bertz CT molecular complexity index is 506. The van der Waals surface area contributed by atoms with Crippen molar-refractivity contribution in [2.24, 2.45) is 0 Å². The summed E-state index contributed by atoms with van der Waals surface area (Å²) in [6.45, 7) is 3.87. The number of furan rings is 1. The molecule has 2 aromatic heterocycles. The number of nitrogens with one attached hydrogen (secondary N) is 1. The second-order valence-corrected chi connectivity index (χ2v) is 4.57. The molecule has 0 saturated heterocycles. The van der Waals surface area contributed by atoms with Crippen molar-refractivity contribution >= 4 is 5.82 Å². The van der Waals surface area contributed by atoms with Gasteiger partial charge in [-0.2, -0.15) is 0 Å². The predicted molar refractivity (Wildman–Crippen MR) is 76.3 cm³/mol. The fourth-order valence-electron chi connectivity index (χ4n) is 1.84. The minimum absolute atomic E-state index is 0.759. The van der Waals surface area contributed by atoms with Gasteiger partial charge < -0.3 is 14.6 Å². The highest BCUT2D eigenvalue weighted by atomic mass is 16.3. The molecular formula is C14H20N4O.